The van der Waals surface area contributed by atoms with Crippen LogP contribution in [0.15, 0.2) is 30.3 Å². The number of halogens is 1. The zero-order valence-electron chi connectivity index (χ0n) is 14.5. The zero-order valence-corrected chi connectivity index (χ0v) is 17.0. The van der Waals surface area contributed by atoms with Crippen molar-refractivity contribution in [3.63, 3.8) is 0 Å². The smallest absolute Gasteiger partial charge is 0.147 e. The maximum Gasteiger partial charge on any atom is -0.147 e. The van der Waals surface area contributed by atoms with Crippen LogP contribution in [-0.4, -0.2) is 68.0 Å². The second kappa shape index (κ2) is 9.92. The van der Waals surface area contributed by atoms with E-state index in [1.807, 2.05) is 0 Å². The maximum atomic E-state index is 5.89. The molecule has 1 fully saturated rings. The molecule has 0 radical (unpaired) electrons. The molecule has 1 aromatic carbocycles. The molecular weight excluding hydrogens is 403 g/mol. The van der Waals surface area contributed by atoms with Crippen LogP contribution in [-0.2, 0) is 6.42 Å². The number of nitrogen functional groups attached to an aromatic ring is 1. The van der Waals surface area contributed by atoms with E-state index in [-0.39, 0.29) is 12.4 Å². The van der Waals surface area contributed by atoms with E-state index < -0.39 is 0 Å². The molecule has 2 aromatic rings. The number of hydrogen-bond donors (Lipinski definition) is 1. The molecule has 8 heteroatoms. The van der Waals surface area contributed by atoms with Crippen LogP contribution in [0.2, 0.25) is 5.32 Å². The molecule has 25 heavy (non-hydrogen) atoms. The first-order valence-corrected chi connectivity index (χ1v) is 10.4. The Hall–Kier alpha value is -1.40. The number of nitrogens with two attached hydrogens (primary N) is 1. The third kappa shape index (κ3) is 6.12. The molecule has 0 spiro atoms. The second-order valence-electron chi connectivity index (χ2n) is 5.97. The van der Waals surface area contributed by atoms with Crippen molar-refractivity contribution in [3.05, 3.63) is 36.2 Å². The van der Waals surface area contributed by atoms with Gasteiger partial charge in [0.25, 0.3) is 0 Å². The fourth-order valence-electron chi connectivity index (χ4n) is 2.62. The van der Waals surface area contributed by atoms with Gasteiger partial charge in [-0.3, -0.25) is 0 Å². The first kappa shape index (κ1) is 19.9. The third-order valence-corrected chi connectivity index (χ3v) is 6.33. The molecule has 1 aliphatic heterocycles. The summed E-state index contributed by atoms with van der Waals surface area (Å²) in [5.41, 5.74) is 5.89. The Kier molecular flexibility index (Phi) is 7.90. The standard InChI is InChI=1S/C17H24N6Se.ClH/c1-22-9-11-23(12-10-22)17-20-15(19-16(18)21-17)8-5-13-24-14-6-3-2-4-7-14;/h2-4,6-7H,5,8-13H2,1H3,(H2,18,19,20,21);1H. The minimum atomic E-state index is 0. The molecule has 2 heterocycles. The van der Waals surface area contributed by atoms with Crippen LogP contribution < -0.4 is 15.1 Å². The molecule has 0 saturated carbocycles. The largest absolute Gasteiger partial charge is 0.147 e. The van der Waals surface area contributed by atoms with Gasteiger partial charge in [-0.1, -0.05) is 0 Å². The molecule has 136 valence electrons. The van der Waals surface area contributed by atoms with Crippen molar-refractivity contribution in [1.82, 2.24) is 19.9 Å². The summed E-state index contributed by atoms with van der Waals surface area (Å²) in [6, 6.07) is 10.7. The summed E-state index contributed by atoms with van der Waals surface area (Å²) in [6.45, 7) is 3.94. The van der Waals surface area contributed by atoms with Gasteiger partial charge in [0.1, 0.15) is 0 Å². The molecule has 0 unspecified atom stereocenters. The van der Waals surface area contributed by atoms with Gasteiger partial charge in [0.2, 0.25) is 0 Å². The van der Waals surface area contributed by atoms with Gasteiger partial charge in [-0.2, -0.15) is 0 Å². The van der Waals surface area contributed by atoms with Crippen LogP contribution in [0.1, 0.15) is 12.2 Å². The average molecular weight is 428 g/mol. The normalized spacial score (nSPS) is 15.0. The molecule has 6 nitrogen and oxygen atoms in total. The average Bonchev–Trinajstić information content (AvgIpc) is 2.60. The summed E-state index contributed by atoms with van der Waals surface area (Å²) < 4.78 is 1.44. The minimum absolute atomic E-state index is 0. The molecule has 0 bridgehead atoms. The predicted octanol–water partition coefficient (Wildman–Crippen LogP) is 1.01. The van der Waals surface area contributed by atoms with Gasteiger partial charge < -0.3 is 0 Å². The fraction of sp³-hybridized carbons (Fsp3) is 0.471. The predicted molar refractivity (Wildman–Crippen MR) is 106 cm³/mol. The van der Waals surface area contributed by atoms with Crippen molar-refractivity contribution in [2.75, 3.05) is 43.9 Å². The maximum absolute atomic E-state index is 5.89. The molecular formula is C17H25ClN6Se. The van der Waals surface area contributed by atoms with E-state index >= 15 is 0 Å². The Morgan fingerprint density at radius 1 is 1.04 bits per heavy atom. The van der Waals surface area contributed by atoms with Gasteiger partial charge in [-0.15, -0.1) is 12.4 Å². The van der Waals surface area contributed by atoms with Gasteiger partial charge >= 0.3 is 149 Å². The van der Waals surface area contributed by atoms with E-state index in [1.54, 1.807) is 0 Å². The number of aromatic nitrogens is 3. The molecule has 0 aliphatic carbocycles. The first-order chi connectivity index (χ1) is 11.7. The van der Waals surface area contributed by atoms with Crippen molar-refractivity contribution in [3.8, 4) is 0 Å². The number of aryl methyl sites for hydroxylation is 1. The van der Waals surface area contributed by atoms with Crippen molar-refractivity contribution < 1.29 is 0 Å². The van der Waals surface area contributed by atoms with E-state index in [1.165, 1.54) is 9.78 Å². The summed E-state index contributed by atoms with van der Waals surface area (Å²) >= 11 is 0.514. The fourth-order valence-corrected chi connectivity index (χ4v) is 4.46. The Labute approximate surface area is 161 Å². The number of rotatable bonds is 6. The molecule has 1 saturated heterocycles. The number of nitrogens with zero attached hydrogens (tertiary/aromatic N) is 5. The van der Waals surface area contributed by atoms with Crippen LogP contribution in [0, 0.1) is 0 Å². The van der Waals surface area contributed by atoms with Crippen LogP contribution in [0.25, 0.3) is 0 Å². The topological polar surface area (TPSA) is 71.2 Å². The Morgan fingerprint density at radius 2 is 1.76 bits per heavy atom. The first-order valence-electron chi connectivity index (χ1n) is 8.32. The van der Waals surface area contributed by atoms with E-state index in [9.17, 15) is 0 Å². The van der Waals surface area contributed by atoms with Crippen molar-refractivity contribution in [2.45, 2.75) is 18.2 Å². The number of likely N-dealkylation sites (N-methyl/N-ethyl adjacent to an activating group) is 1. The Bertz CT molecular complexity index is 649. The van der Waals surface area contributed by atoms with Crippen LogP contribution in [0.3, 0.4) is 0 Å². The van der Waals surface area contributed by atoms with Gasteiger partial charge in [-0.25, -0.2) is 0 Å². The van der Waals surface area contributed by atoms with Gasteiger partial charge in [-0.05, 0) is 0 Å². The van der Waals surface area contributed by atoms with E-state index in [2.05, 4.69) is 62.1 Å². The SMILES string of the molecule is CN1CCN(c2nc(N)nc(CCC[Se]c3ccccc3)n2)CC1.Cl. The third-order valence-electron chi connectivity index (χ3n) is 4.03. The second-order valence-corrected chi connectivity index (χ2v) is 8.42. The van der Waals surface area contributed by atoms with E-state index in [0.717, 1.165) is 50.8 Å². The summed E-state index contributed by atoms with van der Waals surface area (Å²) in [6.07, 6.45) is 1.95. The van der Waals surface area contributed by atoms with E-state index in [4.69, 9.17) is 5.73 Å². The van der Waals surface area contributed by atoms with Crippen LogP contribution in [0.5, 0.6) is 0 Å². The monoisotopic (exact) mass is 428 g/mol. The summed E-state index contributed by atoms with van der Waals surface area (Å²) in [4.78, 5) is 17.8. The molecule has 0 atom stereocenters. The Morgan fingerprint density at radius 3 is 2.48 bits per heavy atom. The van der Waals surface area contributed by atoms with Gasteiger partial charge in [0.15, 0.2) is 0 Å². The zero-order chi connectivity index (χ0) is 16.8. The Balaban J connectivity index is 0.00000225. The minimum Gasteiger partial charge on any atom is -0.147 e. The summed E-state index contributed by atoms with van der Waals surface area (Å²) in [5, 5.41) is 1.19. The molecule has 0 amide bonds. The molecule has 1 aromatic heterocycles. The quantitative estimate of drug-likeness (QED) is 0.548. The number of hydrogen-bond acceptors (Lipinski definition) is 6. The van der Waals surface area contributed by atoms with E-state index in [0.29, 0.717) is 20.9 Å². The summed E-state index contributed by atoms with van der Waals surface area (Å²) in [5.74, 6) is 1.89. The van der Waals surface area contributed by atoms with Crippen molar-refractivity contribution in [1.29, 1.82) is 0 Å². The summed E-state index contributed by atoms with van der Waals surface area (Å²) in [7, 11) is 2.14. The van der Waals surface area contributed by atoms with Crippen molar-refractivity contribution in [2.24, 2.45) is 0 Å². The van der Waals surface area contributed by atoms with Gasteiger partial charge in [0, 0.05) is 0 Å². The number of benzene rings is 1. The molecule has 3 rings (SSSR count). The molecule has 1 aliphatic rings. The van der Waals surface area contributed by atoms with Crippen LogP contribution >= 0.6 is 12.4 Å². The van der Waals surface area contributed by atoms with Crippen LogP contribution in [0.4, 0.5) is 11.9 Å². The van der Waals surface area contributed by atoms with Gasteiger partial charge in [0.05, 0.1) is 0 Å². The number of piperazine rings is 1. The molecule has 2 N–H and O–H groups in total. The number of anilines is 2. The van der Waals surface area contributed by atoms with Crippen molar-refractivity contribution >= 4 is 43.7 Å².